The molecular weight excluding hydrogens is 251 g/mol. The highest BCUT2D eigenvalue weighted by atomic mass is 32.1. The van der Waals surface area contributed by atoms with E-state index in [1.54, 1.807) is 17.5 Å². The summed E-state index contributed by atoms with van der Waals surface area (Å²) in [6, 6.07) is 10.1. The zero-order valence-corrected chi connectivity index (χ0v) is 10.1. The maximum absolute atomic E-state index is 12.8. The minimum Gasteiger partial charge on any atom is -0.332 e. The van der Waals surface area contributed by atoms with Crippen molar-refractivity contribution in [3.8, 4) is 6.07 Å². The van der Waals surface area contributed by atoms with Crippen molar-refractivity contribution in [3.05, 3.63) is 58.0 Å². The van der Waals surface area contributed by atoms with Gasteiger partial charge in [0, 0.05) is 0 Å². The van der Waals surface area contributed by atoms with Gasteiger partial charge in [0.15, 0.2) is 0 Å². The monoisotopic (exact) mass is 260 g/mol. The van der Waals surface area contributed by atoms with Gasteiger partial charge in [-0.1, -0.05) is 18.2 Å². The predicted octanol–water partition coefficient (Wildman–Crippen LogP) is 2.88. The highest BCUT2D eigenvalue weighted by molar-refractivity contribution is 7.12. The van der Waals surface area contributed by atoms with Gasteiger partial charge in [0.05, 0.1) is 10.9 Å². The molecule has 1 amide bonds. The summed E-state index contributed by atoms with van der Waals surface area (Å²) < 4.78 is 12.8. The van der Waals surface area contributed by atoms with Crippen LogP contribution in [0.1, 0.15) is 21.3 Å². The lowest BCUT2D eigenvalue weighted by Crippen LogP contribution is -2.26. The van der Waals surface area contributed by atoms with E-state index >= 15 is 0 Å². The fourth-order valence-corrected chi connectivity index (χ4v) is 2.08. The Balaban J connectivity index is 2.13. The number of nitrogens with zero attached hydrogens (tertiary/aromatic N) is 1. The molecule has 1 aromatic carbocycles. The molecule has 18 heavy (non-hydrogen) atoms. The van der Waals surface area contributed by atoms with Crippen molar-refractivity contribution in [2.45, 2.75) is 6.04 Å². The topological polar surface area (TPSA) is 52.9 Å². The number of halogens is 1. The fraction of sp³-hybridized carbons (Fsp3) is 0.0769. The van der Waals surface area contributed by atoms with Crippen LogP contribution in [-0.2, 0) is 0 Å². The van der Waals surface area contributed by atoms with E-state index in [2.05, 4.69) is 5.32 Å². The average molecular weight is 260 g/mol. The van der Waals surface area contributed by atoms with Crippen molar-refractivity contribution in [1.29, 1.82) is 5.26 Å². The lowest BCUT2D eigenvalue weighted by molar-refractivity contribution is 0.0949. The zero-order chi connectivity index (χ0) is 13.0. The summed E-state index contributed by atoms with van der Waals surface area (Å²) in [7, 11) is 0. The van der Waals surface area contributed by atoms with Gasteiger partial charge in [0.1, 0.15) is 11.9 Å². The summed E-state index contributed by atoms with van der Waals surface area (Å²) in [5, 5.41) is 13.4. The van der Waals surface area contributed by atoms with Crippen LogP contribution in [0.25, 0.3) is 0 Å². The second-order valence-electron chi connectivity index (χ2n) is 3.56. The van der Waals surface area contributed by atoms with E-state index in [-0.39, 0.29) is 11.7 Å². The van der Waals surface area contributed by atoms with Crippen LogP contribution in [0.15, 0.2) is 41.8 Å². The molecule has 90 valence electrons. The fourth-order valence-electron chi connectivity index (χ4n) is 1.46. The number of hydrogen-bond acceptors (Lipinski definition) is 3. The number of carbonyl (C=O) groups excluding carboxylic acids is 1. The summed E-state index contributed by atoms with van der Waals surface area (Å²) in [5.41, 5.74) is 0.559. The third-order valence-electron chi connectivity index (χ3n) is 2.35. The van der Waals surface area contributed by atoms with Gasteiger partial charge in [0.25, 0.3) is 5.91 Å². The van der Waals surface area contributed by atoms with Crippen molar-refractivity contribution >= 4 is 17.2 Å². The Labute approximate surface area is 107 Å². The van der Waals surface area contributed by atoms with Gasteiger partial charge in [-0.3, -0.25) is 4.79 Å². The molecule has 0 aliphatic carbocycles. The number of hydrogen-bond donors (Lipinski definition) is 1. The van der Waals surface area contributed by atoms with Gasteiger partial charge in [-0.15, -0.1) is 11.3 Å². The SMILES string of the molecule is N#CC(NC(=O)c1cccs1)c1ccc(F)cc1. The standard InChI is InChI=1S/C13H9FN2OS/c14-10-5-3-9(4-6-10)11(8-15)16-13(17)12-2-1-7-18-12/h1-7,11H,(H,16,17). The van der Waals surface area contributed by atoms with E-state index in [4.69, 9.17) is 5.26 Å². The first kappa shape index (κ1) is 12.3. The van der Waals surface area contributed by atoms with E-state index in [1.165, 1.54) is 35.6 Å². The Morgan fingerprint density at radius 2 is 2.06 bits per heavy atom. The Kier molecular flexibility index (Phi) is 3.70. The number of nitrogens with one attached hydrogen (secondary N) is 1. The van der Waals surface area contributed by atoms with Crippen molar-refractivity contribution < 1.29 is 9.18 Å². The molecule has 0 aliphatic rings. The average Bonchev–Trinajstić information content (AvgIpc) is 2.91. The zero-order valence-electron chi connectivity index (χ0n) is 9.26. The molecule has 0 spiro atoms. The molecule has 1 heterocycles. The predicted molar refractivity (Wildman–Crippen MR) is 66.5 cm³/mol. The van der Waals surface area contributed by atoms with Crippen LogP contribution >= 0.6 is 11.3 Å². The van der Waals surface area contributed by atoms with E-state index in [0.717, 1.165) is 0 Å². The van der Waals surface area contributed by atoms with E-state index in [0.29, 0.717) is 10.4 Å². The number of carbonyl (C=O) groups is 1. The van der Waals surface area contributed by atoms with Gasteiger partial charge in [-0.05, 0) is 29.1 Å². The summed E-state index contributed by atoms with van der Waals surface area (Å²) in [6.45, 7) is 0. The van der Waals surface area contributed by atoms with Crippen molar-refractivity contribution in [2.24, 2.45) is 0 Å². The molecule has 2 aromatic rings. The molecule has 1 aromatic heterocycles. The maximum Gasteiger partial charge on any atom is 0.262 e. The second-order valence-corrected chi connectivity index (χ2v) is 4.51. The summed E-state index contributed by atoms with van der Waals surface area (Å²) in [5.74, 6) is -0.680. The van der Waals surface area contributed by atoms with Gasteiger partial charge >= 0.3 is 0 Å². The smallest absolute Gasteiger partial charge is 0.262 e. The minimum absolute atomic E-state index is 0.305. The highest BCUT2D eigenvalue weighted by Gasteiger charge is 2.15. The Morgan fingerprint density at radius 1 is 1.33 bits per heavy atom. The molecule has 0 radical (unpaired) electrons. The molecule has 0 saturated carbocycles. The van der Waals surface area contributed by atoms with Crippen LogP contribution in [0.3, 0.4) is 0 Å². The lowest BCUT2D eigenvalue weighted by atomic mass is 10.1. The number of rotatable bonds is 3. The number of thiophene rings is 1. The quantitative estimate of drug-likeness (QED) is 0.922. The molecule has 1 atom stereocenters. The molecule has 1 N–H and O–H groups in total. The Morgan fingerprint density at radius 3 is 2.61 bits per heavy atom. The molecule has 0 bridgehead atoms. The van der Waals surface area contributed by atoms with Gasteiger partial charge in [-0.2, -0.15) is 5.26 Å². The second kappa shape index (κ2) is 5.43. The van der Waals surface area contributed by atoms with E-state index < -0.39 is 6.04 Å². The Bertz CT molecular complexity index is 572. The molecule has 1 unspecified atom stereocenters. The largest absolute Gasteiger partial charge is 0.332 e. The van der Waals surface area contributed by atoms with Crippen LogP contribution in [0.2, 0.25) is 0 Å². The first-order valence-corrected chi connectivity index (χ1v) is 6.08. The summed E-state index contributed by atoms with van der Waals surface area (Å²) in [6.07, 6.45) is 0. The first-order chi connectivity index (χ1) is 8.70. The molecule has 0 fully saturated rings. The van der Waals surface area contributed by atoms with Crippen molar-refractivity contribution in [1.82, 2.24) is 5.32 Å². The van der Waals surface area contributed by atoms with Gasteiger partial charge in [0.2, 0.25) is 0 Å². The molecule has 0 saturated heterocycles. The number of benzene rings is 1. The van der Waals surface area contributed by atoms with E-state index in [1.807, 2.05) is 6.07 Å². The van der Waals surface area contributed by atoms with Gasteiger partial charge in [-0.25, -0.2) is 4.39 Å². The third-order valence-corrected chi connectivity index (χ3v) is 3.22. The third kappa shape index (κ3) is 2.73. The van der Waals surface area contributed by atoms with Crippen LogP contribution < -0.4 is 5.32 Å². The lowest BCUT2D eigenvalue weighted by Gasteiger charge is -2.10. The van der Waals surface area contributed by atoms with Gasteiger partial charge < -0.3 is 5.32 Å². The number of amides is 1. The van der Waals surface area contributed by atoms with Crippen LogP contribution in [0.4, 0.5) is 4.39 Å². The minimum atomic E-state index is -0.778. The first-order valence-electron chi connectivity index (χ1n) is 5.20. The number of nitriles is 1. The van der Waals surface area contributed by atoms with Crippen LogP contribution in [-0.4, -0.2) is 5.91 Å². The highest BCUT2D eigenvalue weighted by Crippen LogP contribution is 2.15. The normalized spacial score (nSPS) is 11.6. The van der Waals surface area contributed by atoms with Crippen molar-refractivity contribution in [3.63, 3.8) is 0 Å². The van der Waals surface area contributed by atoms with Crippen molar-refractivity contribution in [2.75, 3.05) is 0 Å². The Hall–Kier alpha value is -2.19. The molecule has 2 rings (SSSR count). The molecule has 5 heteroatoms. The molecular formula is C13H9FN2OS. The molecule has 0 aliphatic heterocycles. The summed E-state index contributed by atoms with van der Waals surface area (Å²) >= 11 is 1.30. The van der Waals surface area contributed by atoms with Crippen LogP contribution in [0, 0.1) is 17.1 Å². The van der Waals surface area contributed by atoms with Crippen LogP contribution in [0.5, 0.6) is 0 Å². The summed E-state index contributed by atoms with van der Waals surface area (Å²) in [4.78, 5) is 12.3. The molecule has 3 nitrogen and oxygen atoms in total. The maximum atomic E-state index is 12.8. The van der Waals surface area contributed by atoms with E-state index in [9.17, 15) is 9.18 Å².